The standard InChI is InChI=1S/C19H21N2O7P/c1-12-10-13(2)20-16(12)11-15-14-6-3-4-7-17(14)21(18(15)22)19(23)27-8-5-9-28-29(24,25)26/h3-4,6-7,10-11,20H,5,8-9H2,1-2H3,(H2,24,25,26)/b15-11-. The molecule has 0 aliphatic carbocycles. The number of phosphoric acid groups is 1. The number of rotatable bonds is 6. The number of nitrogens with one attached hydrogen (secondary N) is 1. The molecule has 0 saturated heterocycles. The number of imide groups is 1. The Labute approximate surface area is 167 Å². The van der Waals surface area contributed by atoms with Crippen molar-refractivity contribution in [3.8, 4) is 0 Å². The Bertz CT molecular complexity index is 1020. The van der Waals surface area contributed by atoms with Crippen LogP contribution in [0.3, 0.4) is 0 Å². The minimum absolute atomic E-state index is 0.0736. The van der Waals surface area contributed by atoms with Gasteiger partial charge in [-0.15, -0.1) is 0 Å². The summed E-state index contributed by atoms with van der Waals surface area (Å²) in [6, 6.07) is 8.86. The Morgan fingerprint density at radius 3 is 2.62 bits per heavy atom. The van der Waals surface area contributed by atoms with E-state index < -0.39 is 19.8 Å². The van der Waals surface area contributed by atoms with Crippen LogP contribution in [0.5, 0.6) is 0 Å². The number of amides is 2. The summed E-state index contributed by atoms with van der Waals surface area (Å²) in [4.78, 5) is 46.9. The summed E-state index contributed by atoms with van der Waals surface area (Å²) in [6.45, 7) is 3.41. The number of ether oxygens (including phenoxy) is 1. The summed E-state index contributed by atoms with van der Waals surface area (Å²) in [6.07, 6.45) is 0.927. The third-order valence-electron chi connectivity index (χ3n) is 4.30. The van der Waals surface area contributed by atoms with E-state index in [9.17, 15) is 14.2 Å². The first-order chi connectivity index (χ1) is 13.7. The number of para-hydroxylation sites is 1. The molecule has 1 aromatic heterocycles. The van der Waals surface area contributed by atoms with Gasteiger partial charge in [0.25, 0.3) is 5.91 Å². The van der Waals surface area contributed by atoms with Crippen LogP contribution in [-0.4, -0.2) is 40.0 Å². The van der Waals surface area contributed by atoms with E-state index in [0.29, 0.717) is 16.8 Å². The molecule has 1 aliphatic heterocycles. The Morgan fingerprint density at radius 2 is 1.97 bits per heavy atom. The van der Waals surface area contributed by atoms with Gasteiger partial charge >= 0.3 is 13.9 Å². The number of aromatic nitrogens is 1. The predicted octanol–water partition coefficient (Wildman–Crippen LogP) is 3.15. The lowest BCUT2D eigenvalue weighted by Gasteiger charge is -2.15. The first-order valence-electron chi connectivity index (χ1n) is 8.86. The van der Waals surface area contributed by atoms with Crippen molar-refractivity contribution in [2.24, 2.45) is 0 Å². The number of H-pyrrole nitrogens is 1. The van der Waals surface area contributed by atoms with Crippen molar-refractivity contribution in [2.45, 2.75) is 20.3 Å². The fraction of sp³-hybridized carbons (Fsp3) is 0.263. The van der Waals surface area contributed by atoms with Crippen molar-refractivity contribution in [3.05, 3.63) is 52.8 Å². The number of aromatic amines is 1. The molecular formula is C19H21N2O7P. The van der Waals surface area contributed by atoms with Crippen molar-refractivity contribution >= 4 is 37.2 Å². The molecule has 2 heterocycles. The maximum Gasteiger partial charge on any atom is 0.469 e. The maximum absolute atomic E-state index is 13.0. The first-order valence-corrected chi connectivity index (χ1v) is 10.4. The van der Waals surface area contributed by atoms with Gasteiger partial charge in [0, 0.05) is 23.4 Å². The van der Waals surface area contributed by atoms with Gasteiger partial charge in [-0.1, -0.05) is 18.2 Å². The van der Waals surface area contributed by atoms with E-state index in [1.165, 1.54) is 0 Å². The molecule has 9 nitrogen and oxygen atoms in total. The second kappa shape index (κ2) is 8.34. The lowest BCUT2D eigenvalue weighted by Crippen LogP contribution is -2.34. The molecule has 0 fully saturated rings. The summed E-state index contributed by atoms with van der Waals surface area (Å²) in [5.74, 6) is -0.505. The van der Waals surface area contributed by atoms with E-state index in [-0.39, 0.29) is 19.6 Å². The maximum atomic E-state index is 13.0. The molecule has 154 valence electrons. The Balaban J connectivity index is 1.77. The minimum Gasteiger partial charge on any atom is -0.449 e. The normalized spacial score (nSPS) is 15.1. The highest BCUT2D eigenvalue weighted by Crippen LogP contribution is 2.38. The smallest absolute Gasteiger partial charge is 0.449 e. The molecular weight excluding hydrogens is 399 g/mol. The summed E-state index contributed by atoms with van der Waals surface area (Å²) < 4.78 is 20.0. The zero-order chi connectivity index (χ0) is 21.2. The number of benzene rings is 1. The average Bonchev–Trinajstić information content (AvgIpc) is 3.10. The second-order valence-corrected chi connectivity index (χ2v) is 7.80. The highest BCUT2D eigenvalue weighted by atomic mass is 31.2. The number of anilines is 1. The zero-order valence-corrected chi connectivity index (χ0v) is 16.8. The van der Waals surface area contributed by atoms with Crippen molar-refractivity contribution in [1.29, 1.82) is 0 Å². The van der Waals surface area contributed by atoms with Crippen LogP contribution in [0.15, 0.2) is 30.3 Å². The van der Waals surface area contributed by atoms with Gasteiger partial charge < -0.3 is 19.5 Å². The van der Waals surface area contributed by atoms with Crippen LogP contribution < -0.4 is 4.90 Å². The molecule has 29 heavy (non-hydrogen) atoms. The monoisotopic (exact) mass is 420 g/mol. The quantitative estimate of drug-likeness (QED) is 0.372. The van der Waals surface area contributed by atoms with Gasteiger partial charge in [-0.3, -0.25) is 9.32 Å². The Hall–Kier alpha value is -2.71. The molecule has 3 N–H and O–H groups in total. The molecule has 0 atom stereocenters. The molecule has 0 saturated carbocycles. The number of carbonyl (C=O) groups excluding carboxylic acids is 2. The van der Waals surface area contributed by atoms with Crippen molar-refractivity contribution in [2.75, 3.05) is 18.1 Å². The van der Waals surface area contributed by atoms with Crippen molar-refractivity contribution in [3.63, 3.8) is 0 Å². The largest absolute Gasteiger partial charge is 0.469 e. The van der Waals surface area contributed by atoms with E-state index in [4.69, 9.17) is 14.5 Å². The van der Waals surface area contributed by atoms with Gasteiger partial charge in [0.1, 0.15) is 0 Å². The van der Waals surface area contributed by atoms with E-state index in [1.807, 2.05) is 19.9 Å². The molecule has 0 bridgehead atoms. The molecule has 10 heteroatoms. The van der Waals surface area contributed by atoms with Crippen LogP contribution in [0.2, 0.25) is 0 Å². The van der Waals surface area contributed by atoms with Crippen LogP contribution in [0.1, 0.15) is 28.9 Å². The molecule has 2 amide bonds. The third kappa shape index (κ3) is 4.83. The number of aryl methyl sites for hydroxylation is 2. The number of phosphoric ester groups is 1. The fourth-order valence-corrected chi connectivity index (χ4v) is 3.44. The molecule has 3 rings (SSSR count). The van der Waals surface area contributed by atoms with E-state index in [0.717, 1.165) is 21.9 Å². The van der Waals surface area contributed by atoms with Crippen LogP contribution in [0.25, 0.3) is 11.6 Å². The topological polar surface area (TPSA) is 129 Å². The molecule has 1 aromatic carbocycles. The van der Waals surface area contributed by atoms with Crippen LogP contribution in [-0.2, 0) is 18.6 Å². The van der Waals surface area contributed by atoms with E-state index in [2.05, 4.69) is 9.51 Å². The minimum atomic E-state index is -4.56. The van der Waals surface area contributed by atoms with E-state index >= 15 is 0 Å². The average molecular weight is 420 g/mol. The number of nitrogens with zero attached hydrogens (tertiary/aromatic N) is 1. The fourth-order valence-electron chi connectivity index (χ4n) is 3.07. The van der Waals surface area contributed by atoms with Crippen LogP contribution >= 0.6 is 7.82 Å². The van der Waals surface area contributed by atoms with Crippen LogP contribution in [0.4, 0.5) is 10.5 Å². The van der Waals surface area contributed by atoms with Gasteiger partial charge in [-0.2, -0.15) is 0 Å². The highest BCUT2D eigenvalue weighted by molar-refractivity contribution is 7.46. The summed E-state index contributed by atoms with van der Waals surface area (Å²) in [7, 11) is -4.56. The number of hydrogen-bond acceptors (Lipinski definition) is 5. The van der Waals surface area contributed by atoms with Gasteiger partial charge in [-0.25, -0.2) is 14.3 Å². The molecule has 1 aliphatic rings. The Kier molecular flexibility index (Phi) is 6.04. The van der Waals surface area contributed by atoms with E-state index in [1.54, 1.807) is 30.3 Å². The third-order valence-corrected chi connectivity index (χ3v) is 4.82. The molecule has 0 unspecified atom stereocenters. The van der Waals surface area contributed by atoms with Crippen molar-refractivity contribution in [1.82, 2.24) is 4.98 Å². The van der Waals surface area contributed by atoms with Gasteiger partial charge in [0.05, 0.1) is 24.5 Å². The predicted molar refractivity (Wildman–Crippen MR) is 106 cm³/mol. The number of carbonyl (C=O) groups is 2. The Morgan fingerprint density at radius 1 is 1.24 bits per heavy atom. The van der Waals surface area contributed by atoms with Gasteiger partial charge in [0.15, 0.2) is 0 Å². The second-order valence-electron chi connectivity index (χ2n) is 6.56. The summed E-state index contributed by atoms with van der Waals surface area (Å²) >= 11 is 0. The number of fused-ring (bicyclic) bond motifs is 1. The van der Waals surface area contributed by atoms with Gasteiger partial charge in [-0.05, 0) is 37.6 Å². The van der Waals surface area contributed by atoms with Gasteiger partial charge in [0.2, 0.25) is 0 Å². The lowest BCUT2D eigenvalue weighted by atomic mass is 10.1. The molecule has 0 radical (unpaired) electrons. The first kappa shape index (κ1) is 21.0. The summed E-state index contributed by atoms with van der Waals surface area (Å²) in [5, 5.41) is 0. The SMILES string of the molecule is Cc1cc(C)c(/C=C2\C(=O)N(C(=O)OCCCOP(=O)(O)O)c3ccccc32)[nH]1. The van der Waals surface area contributed by atoms with Crippen LogP contribution in [0, 0.1) is 13.8 Å². The zero-order valence-electron chi connectivity index (χ0n) is 15.9. The number of hydrogen-bond donors (Lipinski definition) is 3. The molecule has 2 aromatic rings. The lowest BCUT2D eigenvalue weighted by molar-refractivity contribution is -0.112. The molecule has 0 spiro atoms. The highest BCUT2D eigenvalue weighted by Gasteiger charge is 2.37. The summed E-state index contributed by atoms with van der Waals surface area (Å²) in [5.41, 5.74) is 4.12. The van der Waals surface area contributed by atoms with Crippen molar-refractivity contribution < 1.29 is 33.2 Å².